The average Bonchev–Trinajstić information content (AvgIpc) is 2.88. The maximum Gasteiger partial charge on any atom is 0.0750 e. The maximum atomic E-state index is 5.94. The van der Waals surface area contributed by atoms with Gasteiger partial charge in [-0.3, -0.25) is 0 Å². The number of likely N-dealkylation sites (N-methyl/N-ethyl adjacent to an activating group) is 1. The Balaban J connectivity index is 2.11. The second-order valence-electron chi connectivity index (χ2n) is 5.17. The first-order valence-electron chi connectivity index (χ1n) is 7.03. The minimum Gasteiger partial charge on any atom is -0.376 e. The molecule has 1 aromatic rings. The molecule has 1 fully saturated rings. The minimum absolute atomic E-state index is 0.0525. The summed E-state index contributed by atoms with van der Waals surface area (Å²) in [6.45, 7) is 7.06. The Morgan fingerprint density at radius 1 is 1.53 bits per heavy atom. The second-order valence-corrected chi connectivity index (χ2v) is 6.02. The third-order valence-corrected chi connectivity index (χ3v) is 4.36. The summed E-state index contributed by atoms with van der Waals surface area (Å²) >= 11 is 3.62. The number of anilines is 1. The molecule has 1 aromatic carbocycles. The summed E-state index contributed by atoms with van der Waals surface area (Å²) in [6.07, 6.45) is 2.75. The van der Waals surface area contributed by atoms with Crippen LogP contribution in [-0.2, 0) is 4.74 Å². The standard InChI is InChI=1S/C15H23BrN2O/c1-3-18(10-13-5-4-8-19-13)12-6-7-14(11(2)17)15(16)9-12/h6-7,9,11,13H,3-5,8,10,17H2,1-2H3/t11-,13?/m0/s1. The number of nitrogens with two attached hydrogens (primary N) is 1. The van der Waals surface area contributed by atoms with Gasteiger partial charge < -0.3 is 15.4 Å². The first-order chi connectivity index (χ1) is 9.11. The third-order valence-electron chi connectivity index (χ3n) is 3.67. The summed E-state index contributed by atoms with van der Waals surface area (Å²) in [7, 11) is 0. The monoisotopic (exact) mass is 326 g/mol. The average molecular weight is 327 g/mol. The Labute approximate surface area is 124 Å². The van der Waals surface area contributed by atoms with Gasteiger partial charge in [0.1, 0.15) is 0 Å². The molecule has 0 aromatic heterocycles. The lowest BCUT2D eigenvalue weighted by Crippen LogP contribution is -2.32. The number of halogens is 1. The van der Waals surface area contributed by atoms with Gasteiger partial charge in [-0.15, -0.1) is 0 Å². The molecule has 1 saturated heterocycles. The maximum absolute atomic E-state index is 5.94. The number of hydrogen-bond acceptors (Lipinski definition) is 3. The van der Waals surface area contributed by atoms with Crippen LogP contribution in [0.1, 0.15) is 38.3 Å². The molecular weight excluding hydrogens is 304 g/mol. The molecule has 4 heteroatoms. The van der Waals surface area contributed by atoms with Crippen LogP contribution in [0.4, 0.5) is 5.69 Å². The van der Waals surface area contributed by atoms with Crippen LogP contribution >= 0.6 is 15.9 Å². The van der Waals surface area contributed by atoms with Crippen molar-refractivity contribution in [3.05, 3.63) is 28.2 Å². The van der Waals surface area contributed by atoms with E-state index in [0.717, 1.165) is 29.7 Å². The minimum atomic E-state index is 0.0525. The Bertz CT molecular complexity index is 417. The van der Waals surface area contributed by atoms with Crippen LogP contribution in [0.3, 0.4) is 0 Å². The molecule has 106 valence electrons. The van der Waals surface area contributed by atoms with E-state index in [1.807, 2.05) is 6.92 Å². The quantitative estimate of drug-likeness (QED) is 0.900. The first kappa shape index (κ1) is 14.8. The van der Waals surface area contributed by atoms with Crippen molar-refractivity contribution in [2.75, 3.05) is 24.6 Å². The topological polar surface area (TPSA) is 38.5 Å². The van der Waals surface area contributed by atoms with Crippen LogP contribution in [-0.4, -0.2) is 25.8 Å². The number of ether oxygens (including phenoxy) is 1. The van der Waals surface area contributed by atoms with Crippen molar-refractivity contribution in [3.63, 3.8) is 0 Å². The van der Waals surface area contributed by atoms with E-state index in [1.54, 1.807) is 0 Å². The van der Waals surface area contributed by atoms with Crippen LogP contribution in [0, 0.1) is 0 Å². The fourth-order valence-electron chi connectivity index (χ4n) is 2.53. The van der Waals surface area contributed by atoms with Crippen LogP contribution < -0.4 is 10.6 Å². The van der Waals surface area contributed by atoms with Gasteiger partial charge in [-0.05, 0) is 44.4 Å². The third kappa shape index (κ3) is 3.71. The lowest BCUT2D eigenvalue weighted by molar-refractivity contribution is 0.115. The lowest BCUT2D eigenvalue weighted by atomic mass is 10.1. The van der Waals surface area contributed by atoms with Gasteiger partial charge >= 0.3 is 0 Å². The van der Waals surface area contributed by atoms with Gasteiger partial charge in [0.2, 0.25) is 0 Å². The van der Waals surface area contributed by atoms with E-state index in [-0.39, 0.29) is 6.04 Å². The molecule has 0 amide bonds. The highest BCUT2D eigenvalue weighted by Crippen LogP contribution is 2.28. The summed E-state index contributed by atoms with van der Waals surface area (Å²) < 4.78 is 6.81. The molecule has 2 atom stereocenters. The van der Waals surface area contributed by atoms with Crippen molar-refractivity contribution in [2.24, 2.45) is 5.73 Å². The number of hydrogen-bond donors (Lipinski definition) is 1. The molecule has 1 aliphatic heterocycles. The van der Waals surface area contributed by atoms with Crippen molar-refractivity contribution in [1.29, 1.82) is 0 Å². The molecule has 19 heavy (non-hydrogen) atoms. The van der Waals surface area contributed by atoms with Gasteiger partial charge in [-0.1, -0.05) is 22.0 Å². The highest BCUT2D eigenvalue weighted by molar-refractivity contribution is 9.10. The molecule has 2 rings (SSSR count). The Kier molecular flexibility index (Phi) is 5.25. The smallest absolute Gasteiger partial charge is 0.0750 e. The Hall–Kier alpha value is -0.580. The van der Waals surface area contributed by atoms with Crippen LogP contribution in [0.2, 0.25) is 0 Å². The van der Waals surface area contributed by atoms with E-state index in [1.165, 1.54) is 18.5 Å². The van der Waals surface area contributed by atoms with Crippen molar-refractivity contribution >= 4 is 21.6 Å². The van der Waals surface area contributed by atoms with Gasteiger partial charge in [0, 0.05) is 35.9 Å². The molecule has 0 saturated carbocycles. The summed E-state index contributed by atoms with van der Waals surface area (Å²) in [4.78, 5) is 2.37. The second kappa shape index (κ2) is 6.73. The van der Waals surface area contributed by atoms with Crippen LogP contribution in [0.5, 0.6) is 0 Å². The molecule has 1 aliphatic rings. The number of benzene rings is 1. The molecule has 3 nitrogen and oxygen atoms in total. The van der Waals surface area contributed by atoms with E-state index in [0.29, 0.717) is 6.10 Å². The molecule has 0 spiro atoms. The van der Waals surface area contributed by atoms with Crippen molar-refractivity contribution in [3.8, 4) is 0 Å². The normalized spacial score (nSPS) is 20.5. The SMILES string of the molecule is CCN(CC1CCCO1)c1ccc([C@H](C)N)c(Br)c1. The highest BCUT2D eigenvalue weighted by Gasteiger charge is 2.19. The van der Waals surface area contributed by atoms with Crippen molar-refractivity contribution < 1.29 is 4.74 Å². The fraction of sp³-hybridized carbons (Fsp3) is 0.600. The lowest BCUT2D eigenvalue weighted by Gasteiger charge is -2.27. The largest absolute Gasteiger partial charge is 0.376 e. The van der Waals surface area contributed by atoms with Gasteiger partial charge in [0.05, 0.1) is 6.10 Å². The van der Waals surface area contributed by atoms with E-state index < -0.39 is 0 Å². The molecular formula is C15H23BrN2O. The number of nitrogens with zero attached hydrogens (tertiary/aromatic N) is 1. The van der Waals surface area contributed by atoms with E-state index in [2.05, 4.69) is 46.0 Å². The summed E-state index contributed by atoms with van der Waals surface area (Å²) in [6, 6.07) is 6.48. The number of rotatable bonds is 5. The molecule has 0 radical (unpaired) electrons. The first-order valence-corrected chi connectivity index (χ1v) is 7.82. The molecule has 1 unspecified atom stereocenters. The molecule has 0 bridgehead atoms. The predicted molar refractivity (Wildman–Crippen MR) is 83.6 cm³/mol. The summed E-state index contributed by atoms with van der Waals surface area (Å²) in [5.74, 6) is 0. The van der Waals surface area contributed by atoms with Crippen molar-refractivity contribution in [2.45, 2.75) is 38.8 Å². The highest BCUT2D eigenvalue weighted by atomic mass is 79.9. The predicted octanol–water partition coefficient (Wildman–Crippen LogP) is 3.47. The zero-order chi connectivity index (χ0) is 13.8. The Morgan fingerprint density at radius 2 is 2.32 bits per heavy atom. The van der Waals surface area contributed by atoms with Gasteiger partial charge in [-0.2, -0.15) is 0 Å². The van der Waals surface area contributed by atoms with E-state index >= 15 is 0 Å². The fourth-order valence-corrected chi connectivity index (χ4v) is 3.26. The molecule has 0 aliphatic carbocycles. The van der Waals surface area contributed by atoms with E-state index in [4.69, 9.17) is 10.5 Å². The van der Waals surface area contributed by atoms with Gasteiger partial charge in [0.15, 0.2) is 0 Å². The van der Waals surface area contributed by atoms with Gasteiger partial charge in [-0.25, -0.2) is 0 Å². The molecule has 2 N–H and O–H groups in total. The van der Waals surface area contributed by atoms with Gasteiger partial charge in [0.25, 0.3) is 0 Å². The zero-order valence-corrected chi connectivity index (χ0v) is 13.3. The van der Waals surface area contributed by atoms with Crippen LogP contribution in [0.15, 0.2) is 22.7 Å². The van der Waals surface area contributed by atoms with Crippen molar-refractivity contribution in [1.82, 2.24) is 0 Å². The summed E-state index contributed by atoms with van der Waals surface area (Å²) in [5, 5.41) is 0. The summed E-state index contributed by atoms with van der Waals surface area (Å²) in [5.41, 5.74) is 8.32. The zero-order valence-electron chi connectivity index (χ0n) is 11.7. The Morgan fingerprint density at radius 3 is 2.84 bits per heavy atom. The molecule has 1 heterocycles. The van der Waals surface area contributed by atoms with Crippen LogP contribution in [0.25, 0.3) is 0 Å². The van der Waals surface area contributed by atoms with E-state index in [9.17, 15) is 0 Å².